The first kappa shape index (κ1) is 13.1. The van der Waals surface area contributed by atoms with Crippen LogP contribution in [0.5, 0.6) is 0 Å². The lowest BCUT2D eigenvalue weighted by molar-refractivity contribution is 0.648. The SMILES string of the molecule is CCCC(N)c1ccc(-c2ccccc2I)s1. The van der Waals surface area contributed by atoms with Crippen LogP contribution in [0, 0.1) is 3.57 Å². The molecule has 1 aromatic heterocycles. The van der Waals surface area contributed by atoms with Crippen molar-refractivity contribution in [2.75, 3.05) is 0 Å². The van der Waals surface area contributed by atoms with Gasteiger partial charge in [-0.2, -0.15) is 0 Å². The molecular formula is C14H16INS. The summed E-state index contributed by atoms with van der Waals surface area (Å²) in [6, 6.07) is 13.0. The van der Waals surface area contributed by atoms with Crippen molar-refractivity contribution in [3.8, 4) is 10.4 Å². The predicted molar refractivity (Wildman–Crippen MR) is 84.3 cm³/mol. The number of halogens is 1. The highest BCUT2D eigenvalue weighted by Gasteiger charge is 2.10. The first-order valence-electron chi connectivity index (χ1n) is 5.82. The number of rotatable bonds is 4. The molecule has 1 nitrogen and oxygen atoms in total. The molecule has 0 spiro atoms. The van der Waals surface area contributed by atoms with Crippen molar-refractivity contribution in [1.29, 1.82) is 0 Å². The second-order valence-electron chi connectivity index (χ2n) is 4.08. The lowest BCUT2D eigenvalue weighted by Crippen LogP contribution is -2.07. The van der Waals surface area contributed by atoms with Gasteiger partial charge in [0.15, 0.2) is 0 Å². The molecule has 90 valence electrons. The average Bonchev–Trinajstić information content (AvgIpc) is 2.79. The Kier molecular flexibility index (Phi) is 4.59. The molecule has 1 heterocycles. The van der Waals surface area contributed by atoms with Crippen LogP contribution in [-0.2, 0) is 0 Å². The van der Waals surface area contributed by atoms with Gasteiger partial charge in [0.25, 0.3) is 0 Å². The third kappa shape index (κ3) is 3.09. The number of hydrogen-bond donors (Lipinski definition) is 1. The van der Waals surface area contributed by atoms with Gasteiger partial charge in [-0.3, -0.25) is 0 Å². The predicted octanol–water partition coefficient (Wildman–Crippen LogP) is 4.82. The summed E-state index contributed by atoms with van der Waals surface area (Å²) in [4.78, 5) is 2.61. The van der Waals surface area contributed by atoms with Gasteiger partial charge in [-0.25, -0.2) is 0 Å². The van der Waals surface area contributed by atoms with Gasteiger partial charge >= 0.3 is 0 Å². The minimum absolute atomic E-state index is 0.195. The molecule has 0 amide bonds. The smallest absolute Gasteiger partial charge is 0.0389 e. The molecule has 0 saturated carbocycles. The van der Waals surface area contributed by atoms with Crippen molar-refractivity contribution >= 4 is 33.9 Å². The fourth-order valence-corrected chi connectivity index (χ4v) is 3.76. The first-order valence-corrected chi connectivity index (χ1v) is 7.72. The monoisotopic (exact) mass is 357 g/mol. The van der Waals surface area contributed by atoms with E-state index in [1.165, 1.54) is 18.9 Å². The van der Waals surface area contributed by atoms with Gasteiger partial charge in [0.2, 0.25) is 0 Å². The molecule has 0 saturated heterocycles. The van der Waals surface area contributed by atoms with Gasteiger partial charge in [-0.1, -0.05) is 31.5 Å². The van der Waals surface area contributed by atoms with E-state index in [0.717, 1.165) is 12.8 Å². The molecule has 0 aliphatic carbocycles. The Morgan fingerprint density at radius 2 is 2.00 bits per heavy atom. The second kappa shape index (κ2) is 5.98. The van der Waals surface area contributed by atoms with Crippen LogP contribution >= 0.6 is 33.9 Å². The molecule has 0 aliphatic heterocycles. The Morgan fingerprint density at radius 3 is 2.71 bits per heavy atom. The van der Waals surface area contributed by atoms with Crippen molar-refractivity contribution in [3.63, 3.8) is 0 Å². The van der Waals surface area contributed by atoms with Gasteiger partial charge in [0, 0.05) is 24.9 Å². The molecular weight excluding hydrogens is 341 g/mol. The highest BCUT2D eigenvalue weighted by molar-refractivity contribution is 14.1. The number of thiophene rings is 1. The van der Waals surface area contributed by atoms with E-state index in [9.17, 15) is 0 Å². The second-order valence-corrected chi connectivity index (χ2v) is 6.35. The molecule has 0 fully saturated rings. The summed E-state index contributed by atoms with van der Waals surface area (Å²) in [7, 11) is 0. The van der Waals surface area contributed by atoms with Crippen molar-refractivity contribution < 1.29 is 0 Å². The minimum atomic E-state index is 0.195. The number of hydrogen-bond acceptors (Lipinski definition) is 2. The molecule has 0 radical (unpaired) electrons. The molecule has 2 N–H and O–H groups in total. The average molecular weight is 357 g/mol. The molecule has 2 rings (SSSR count). The zero-order chi connectivity index (χ0) is 12.3. The van der Waals surface area contributed by atoms with Crippen LogP contribution in [0.25, 0.3) is 10.4 Å². The molecule has 3 heteroatoms. The molecule has 0 bridgehead atoms. The van der Waals surface area contributed by atoms with Crippen molar-refractivity contribution in [3.05, 3.63) is 44.8 Å². The van der Waals surface area contributed by atoms with Gasteiger partial charge in [0.1, 0.15) is 0 Å². The van der Waals surface area contributed by atoms with Gasteiger partial charge in [-0.15, -0.1) is 11.3 Å². The third-order valence-electron chi connectivity index (χ3n) is 2.73. The summed E-state index contributed by atoms with van der Waals surface area (Å²) in [6.07, 6.45) is 2.20. The maximum absolute atomic E-state index is 6.14. The highest BCUT2D eigenvalue weighted by Crippen LogP contribution is 2.34. The Morgan fingerprint density at radius 1 is 1.24 bits per heavy atom. The van der Waals surface area contributed by atoms with Gasteiger partial charge in [-0.05, 0) is 47.2 Å². The Labute approximate surface area is 120 Å². The Bertz CT molecular complexity index is 492. The van der Waals surface area contributed by atoms with Crippen LogP contribution in [0.3, 0.4) is 0 Å². The van der Waals surface area contributed by atoms with Crippen molar-refractivity contribution in [2.24, 2.45) is 5.73 Å². The van der Waals surface area contributed by atoms with Crippen LogP contribution in [0.4, 0.5) is 0 Å². The highest BCUT2D eigenvalue weighted by atomic mass is 127. The van der Waals surface area contributed by atoms with E-state index in [-0.39, 0.29) is 6.04 Å². The molecule has 0 aliphatic rings. The number of benzene rings is 1. The summed E-state index contributed by atoms with van der Waals surface area (Å²) in [6.45, 7) is 2.18. The van der Waals surface area contributed by atoms with E-state index < -0.39 is 0 Å². The molecule has 1 unspecified atom stereocenters. The van der Waals surface area contributed by atoms with Crippen molar-refractivity contribution in [2.45, 2.75) is 25.8 Å². The van der Waals surface area contributed by atoms with E-state index in [1.54, 1.807) is 0 Å². The third-order valence-corrected chi connectivity index (χ3v) is 4.92. The molecule has 1 atom stereocenters. The van der Waals surface area contributed by atoms with E-state index in [2.05, 4.69) is 65.9 Å². The van der Waals surface area contributed by atoms with E-state index in [1.807, 2.05) is 11.3 Å². The van der Waals surface area contributed by atoms with Crippen LogP contribution < -0.4 is 5.73 Å². The van der Waals surface area contributed by atoms with E-state index in [0.29, 0.717) is 0 Å². The first-order chi connectivity index (χ1) is 8.22. The summed E-state index contributed by atoms with van der Waals surface area (Å²) in [5.41, 5.74) is 7.46. The van der Waals surface area contributed by atoms with Crippen molar-refractivity contribution in [1.82, 2.24) is 0 Å². The molecule has 1 aromatic carbocycles. The molecule has 17 heavy (non-hydrogen) atoms. The zero-order valence-corrected chi connectivity index (χ0v) is 12.8. The van der Waals surface area contributed by atoms with Crippen LogP contribution in [0.2, 0.25) is 0 Å². The summed E-state index contributed by atoms with van der Waals surface area (Å²) >= 11 is 4.20. The Balaban J connectivity index is 2.27. The Hall–Kier alpha value is -0.390. The quantitative estimate of drug-likeness (QED) is 0.780. The topological polar surface area (TPSA) is 26.0 Å². The van der Waals surface area contributed by atoms with E-state index >= 15 is 0 Å². The maximum atomic E-state index is 6.14. The van der Waals surface area contributed by atoms with Crippen LogP contribution in [0.1, 0.15) is 30.7 Å². The molecule has 2 aromatic rings. The van der Waals surface area contributed by atoms with E-state index in [4.69, 9.17) is 5.73 Å². The van der Waals surface area contributed by atoms with Gasteiger partial charge in [0.05, 0.1) is 0 Å². The fraction of sp³-hybridized carbons (Fsp3) is 0.286. The fourth-order valence-electron chi connectivity index (χ4n) is 1.81. The number of nitrogens with two attached hydrogens (primary N) is 1. The lowest BCUT2D eigenvalue weighted by atomic mass is 10.1. The zero-order valence-electron chi connectivity index (χ0n) is 9.82. The minimum Gasteiger partial charge on any atom is -0.323 e. The van der Waals surface area contributed by atoms with Crippen LogP contribution in [0.15, 0.2) is 36.4 Å². The normalized spacial score (nSPS) is 12.6. The lowest BCUT2D eigenvalue weighted by Gasteiger charge is -2.06. The van der Waals surface area contributed by atoms with Crippen LogP contribution in [-0.4, -0.2) is 0 Å². The maximum Gasteiger partial charge on any atom is 0.0389 e. The summed E-state index contributed by atoms with van der Waals surface area (Å²) in [5, 5.41) is 0. The standard InChI is InChI=1S/C14H16INS/c1-2-5-12(16)14-9-8-13(17-14)10-6-3-4-7-11(10)15/h3-4,6-9,12H,2,5,16H2,1H3. The summed E-state index contributed by atoms with van der Waals surface area (Å²) in [5.74, 6) is 0. The largest absolute Gasteiger partial charge is 0.323 e. The summed E-state index contributed by atoms with van der Waals surface area (Å²) < 4.78 is 1.29. The van der Waals surface area contributed by atoms with Gasteiger partial charge < -0.3 is 5.73 Å².